The number of rotatable bonds is 6. The Bertz CT molecular complexity index is 198. The molecule has 0 aliphatic heterocycles. The van der Waals surface area contributed by atoms with E-state index in [0.717, 1.165) is 0 Å². The van der Waals surface area contributed by atoms with E-state index in [2.05, 4.69) is 5.32 Å². The molecule has 0 aliphatic carbocycles. The molecule has 4 heteroatoms. The molecular formula is C10H20N2O2. The van der Waals surface area contributed by atoms with Gasteiger partial charge in [0, 0.05) is 20.2 Å². The third-order valence-corrected chi connectivity index (χ3v) is 2.29. The molecule has 0 aliphatic rings. The summed E-state index contributed by atoms with van der Waals surface area (Å²) in [5.41, 5.74) is 4.53. The molecule has 0 radical (unpaired) electrons. The summed E-state index contributed by atoms with van der Waals surface area (Å²) in [5.74, 6) is -0.0934. The van der Waals surface area contributed by atoms with Crippen molar-refractivity contribution in [2.45, 2.75) is 25.9 Å². The molecule has 0 aromatic rings. The van der Waals surface area contributed by atoms with Gasteiger partial charge in [-0.05, 0) is 13.3 Å². The third-order valence-electron chi connectivity index (χ3n) is 2.29. The fraction of sp³-hybridized carbons (Fsp3) is 0.700. The number of methoxy groups -OCH3 is 1. The first-order valence-corrected chi connectivity index (χ1v) is 4.79. The van der Waals surface area contributed by atoms with Gasteiger partial charge < -0.3 is 15.8 Å². The minimum atomic E-state index is -0.726. The highest BCUT2D eigenvalue weighted by Crippen LogP contribution is 2.13. The summed E-state index contributed by atoms with van der Waals surface area (Å²) >= 11 is 0. The van der Waals surface area contributed by atoms with Crippen molar-refractivity contribution in [3.63, 3.8) is 0 Å². The van der Waals surface area contributed by atoms with Gasteiger partial charge in [0.05, 0.1) is 0 Å². The fourth-order valence-electron chi connectivity index (χ4n) is 0.916. The smallest absolute Gasteiger partial charge is 0.252 e. The van der Waals surface area contributed by atoms with E-state index in [1.54, 1.807) is 20.1 Å². The van der Waals surface area contributed by atoms with E-state index in [1.807, 2.05) is 13.0 Å². The number of nitrogens with one attached hydrogen (secondary N) is 1. The van der Waals surface area contributed by atoms with Crippen molar-refractivity contribution in [1.82, 2.24) is 5.32 Å². The SMILES string of the molecule is CCC(C)(OC)C(=O)NC/C=C/CN. The molecule has 0 rings (SSSR count). The molecule has 0 saturated heterocycles. The standard InChI is InChI=1S/C10H20N2O2/c1-4-10(2,14-3)9(13)12-8-6-5-7-11/h5-6H,4,7-8,11H2,1-3H3,(H,12,13)/b6-5+. The van der Waals surface area contributed by atoms with Crippen molar-refractivity contribution < 1.29 is 9.53 Å². The number of ether oxygens (including phenoxy) is 1. The largest absolute Gasteiger partial charge is 0.369 e. The lowest BCUT2D eigenvalue weighted by molar-refractivity contribution is -0.141. The Morgan fingerprint density at radius 3 is 2.64 bits per heavy atom. The van der Waals surface area contributed by atoms with Gasteiger partial charge in [0.2, 0.25) is 0 Å². The van der Waals surface area contributed by atoms with Gasteiger partial charge >= 0.3 is 0 Å². The Hall–Kier alpha value is -0.870. The van der Waals surface area contributed by atoms with E-state index in [-0.39, 0.29) is 5.91 Å². The molecule has 1 amide bonds. The minimum Gasteiger partial charge on any atom is -0.369 e. The zero-order valence-electron chi connectivity index (χ0n) is 9.17. The monoisotopic (exact) mass is 200 g/mol. The van der Waals surface area contributed by atoms with Crippen LogP contribution >= 0.6 is 0 Å². The average molecular weight is 200 g/mol. The quantitative estimate of drug-likeness (QED) is 0.611. The molecule has 0 bridgehead atoms. The van der Waals surface area contributed by atoms with Gasteiger partial charge in [-0.2, -0.15) is 0 Å². The number of hydrogen-bond acceptors (Lipinski definition) is 3. The van der Waals surface area contributed by atoms with Crippen LogP contribution in [-0.4, -0.2) is 31.7 Å². The lowest BCUT2D eigenvalue weighted by Crippen LogP contribution is -2.45. The van der Waals surface area contributed by atoms with Gasteiger partial charge in [0.25, 0.3) is 5.91 Å². The van der Waals surface area contributed by atoms with Crippen LogP contribution in [0.2, 0.25) is 0 Å². The molecule has 0 aromatic carbocycles. The van der Waals surface area contributed by atoms with E-state index in [0.29, 0.717) is 19.5 Å². The number of carbonyl (C=O) groups is 1. The van der Waals surface area contributed by atoms with E-state index in [9.17, 15) is 4.79 Å². The molecule has 14 heavy (non-hydrogen) atoms. The third kappa shape index (κ3) is 3.89. The predicted molar refractivity (Wildman–Crippen MR) is 56.9 cm³/mol. The minimum absolute atomic E-state index is 0.0934. The van der Waals surface area contributed by atoms with Crippen molar-refractivity contribution in [2.75, 3.05) is 20.2 Å². The lowest BCUT2D eigenvalue weighted by Gasteiger charge is -2.24. The van der Waals surface area contributed by atoms with Crippen LogP contribution in [0.3, 0.4) is 0 Å². The van der Waals surface area contributed by atoms with Gasteiger partial charge in [-0.3, -0.25) is 4.79 Å². The molecule has 0 heterocycles. The molecule has 0 saturated carbocycles. The number of amides is 1. The van der Waals surface area contributed by atoms with Crippen molar-refractivity contribution in [3.8, 4) is 0 Å². The van der Waals surface area contributed by atoms with Gasteiger partial charge in [-0.1, -0.05) is 19.1 Å². The van der Waals surface area contributed by atoms with Crippen molar-refractivity contribution in [2.24, 2.45) is 5.73 Å². The van der Waals surface area contributed by atoms with Gasteiger partial charge in [-0.15, -0.1) is 0 Å². The summed E-state index contributed by atoms with van der Waals surface area (Å²) in [4.78, 5) is 11.6. The van der Waals surface area contributed by atoms with Crippen LogP contribution in [0.15, 0.2) is 12.2 Å². The number of nitrogens with two attached hydrogens (primary N) is 1. The zero-order valence-corrected chi connectivity index (χ0v) is 9.17. The van der Waals surface area contributed by atoms with Gasteiger partial charge in [-0.25, -0.2) is 0 Å². The molecular weight excluding hydrogens is 180 g/mol. The Morgan fingerprint density at radius 2 is 2.21 bits per heavy atom. The molecule has 0 fully saturated rings. The Balaban J connectivity index is 4.00. The average Bonchev–Trinajstić information content (AvgIpc) is 2.22. The highest BCUT2D eigenvalue weighted by molar-refractivity contribution is 5.84. The summed E-state index contributed by atoms with van der Waals surface area (Å²) in [6.45, 7) is 4.67. The van der Waals surface area contributed by atoms with Crippen LogP contribution in [-0.2, 0) is 9.53 Å². The molecule has 82 valence electrons. The molecule has 4 nitrogen and oxygen atoms in total. The van der Waals surface area contributed by atoms with Crippen LogP contribution in [0.25, 0.3) is 0 Å². The first-order valence-electron chi connectivity index (χ1n) is 4.79. The van der Waals surface area contributed by atoms with Crippen LogP contribution in [0.4, 0.5) is 0 Å². The molecule has 0 spiro atoms. The second-order valence-electron chi connectivity index (χ2n) is 3.21. The fourth-order valence-corrected chi connectivity index (χ4v) is 0.916. The summed E-state index contributed by atoms with van der Waals surface area (Å²) in [6.07, 6.45) is 4.27. The first kappa shape index (κ1) is 13.1. The Labute approximate surface area is 85.5 Å². The summed E-state index contributed by atoms with van der Waals surface area (Å²) in [5, 5.41) is 2.75. The van der Waals surface area contributed by atoms with Crippen LogP contribution in [0.5, 0.6) is 0 Å². The normalized spacial score (nSPS) is 15.4. The second kappa shape index (κ2) is 6.56. The summed E-state index contributed by atoms with van der Waals surface area (Å²) < 4.78 is 5.14. The van der Waals surface area contributed by atoms with E-state index >= 15 is 0 Å². The first-order chi connectivity index (χ1) is 6.60. The lowest BCUT2D eigenvalue weighted by atomic mass is 10.0. The van der Waals surface area contributed by atoms with E-state index < -0.39 is 5.60 Å². The van der Waals surface area contributed by atoms with Gasteiger partial charge in [0.15, 0.2) is 0 Å². The Kier molecular flexibility index (Phi) is 6.16. The summed E-state index contributed by atoms with van der Waals surface area (Å²) in [6, 6.07) is 0. The Morgan fingerprint density at radius 1 is 1.57 bits per heavy atom. The molecule has 1 unspecified atom stereocenters. The van der Waals surface area contributed by atoms with E-state index in [4.69, 9.17) is 10.5 Å². The summed E-state index contributed by atoms with van der Waals surface area (Å²) in [7, 11) is 1.54. The maximum atomic E-state index is 11.6. The maximum absolute atomic E-state index is 11.6. The van der Waals surface area contributed by atoms with Crippen LogP contribution in [0.1, 0.15) is 20.3 Å². The highest BCUT2D eigenvalue weighted by Gasteiger charge is 2.30. The van der Waals surface area contributed by atoms with E-state index in [1.165, 1.54) is 0 Å². The van der Waals surface area contributed by atoms with Gasteiger partial charge in [0.1, 0.15) is 5.60 Å². The van der Waals surface area contributed by atoms with Crippen molar-refractivity contribution in [3.05, 3.63) is 12.2 Å². The predicted octanol–water partition coefficient (Wildman–Crippen LogP) is 0.433. The van der Waals surface area contributed by atoms with Crippen molar-refractivity contribution >= 4 is 5.91 Å². The van der Waals surface area contributed by atoms with Crippen molar-refractivity contribution in [1.29, 1.82) is 0 Å². The molecule has 3 N–H and O–H groups in total. The van der Waals surface area contributed by atoms with Crippen LogP contribution in [0, 0.1) is 0 Å². The number of hydrogen-bond donors (Lipinski definition) is 2. The zero-order chi connectivity index (χ0) is 11.0. The van der Waals surface area contributed by atoms with Crippen LogP contribution < -0.4 is 11.1 Å². The topological polar surface area (TPSA) is 64.3 Å². The molecule has 0 aromatic heterocycles. The number of carbonyl (C=O) groups excluding carboxylic acids is 1. The highest BCUT2D eigenvalue weighted by atomic mass is 16.5. The maximum Gasteiger partial charge on any atom is 0.252 e. The second-order valence-corrected chi connectivity index (χ2v) is 3.21. The molecule has 1 atom stereocenters.